The van der Waals surface area contributed by atoms with Crippen molar-refractivity contribution in [3.05, 3.63) is 33.8 Å². The molecule has 0 saturated carbocycles. The fraction of sp³-hybridized carbons (Fsp3) is 0.333. The fourth-order valence-electron chi connectivity index (χ4n) is 1.90. The van der Waals surface area contributed by atoms with Crippen molar-refractivity contribution in [1.29, 1.82) is 0 Å². The molecule has 0 aliphatic carbocycles. The van der Waals surface area contributed by atoms with Crippen LogP contribution in [0.25, 0.3) is 0 Å². The van der Waals surface area contributed by atoms with Crippen molar-refractivity contribution < 1.29 is 18.4 Å². The van der Waals surface area contributed by atoms with Gasteiger partial charge in [-0.3, -0.25) is 9.59 Å². The van der Waals surface area contributed by atoms with E-state index in [1.807, 2.05) is 0 Å². The SMILES string of the molecule is O=C(NC1CCCNC1=O)c1c(F)cc(Br)cc1F. The largest absolute Gasteiger partial charge is 0.354 e. The van der Waals surface area contributed by atoms with Gasteiger partial charge in [0, 0.05) is 11.0 Å². The first kappa shape index (κ1) is 13.9. The van der Waals surface area contributed by atoms with Gasteiger partial charge in [-0.2, -0.15) is 0 Å². The van der Waals surface area contributed by atoms with Gasteiger partial charge >= 0.3 is 0 Å². The van der Waals surface area contributed by atoms with Crippen molar-refractivity contribution in [2.24, 2.45) is 0 Å². The van der Waals surface area contributed by atoms with Gasteiger partial charge in [0.25, 0.3) is 5.91 Å². The number of benzene rings is 1. The van der Waals surface area contributed by atoms with Gasteiger partial charge in [0.15, 0.2) is 0 Å². The maximum Gasteiger partial charge on any atom is 0.257 e. The lowest BCUT2D eigenvalue weighted by molar-refractivity contribution is -0.124. The number of halogens is 3. The highest BCUT2D eigenvalue weighted by Gasteiger charge is 2.26. The number of carbonyl (C=O) groups excluding carboxylic acids is 2. The van der Waals surface area contributed by atoms with E-state index < -0.39 is 29.1 Å². The van der Waals surface area contributed by atoms with Gasteiger partial charge in [0.05, 0.1) is 0 Å². The topological polar surface area (TPSA) is 58.2 Å². The first-order chi connectivity index (χ1) is 8.99. The number of nitrogens with one attached hydrogen (secondary N) is 2. The molecule has 1 heterocycles. The minimum absolute atomic E-state index is 0.203. The second kappa shape index (κ2) is 5.64. The molecule has 2 N–H and O–H groups in total. The smallest absolute Gasteiger partial charge is 0.257 e. The Bertz CT molecular complexity index is 513. The van der Waals surface area contributed by atoms with Gasteiger partial charge in [-0.15, -0.1) is 0 Å². The highest BCUT2D eigenvalue weighted by molar-refractivity contribution is 9.10. The summed E-state index contributed by atoms with van der Waals surface area (Å²) in [6.07, 6.45) is 1.17. The van der Waals surface area contributed by atoms with Crippen molar-refractivity contribution in [1.82, 2.24) is 10.6 Å². The molecule has 1 aliphatic rings. The number of piperidine rings is 1. The van der Waals surface area contributed by atoms with Gasteiger partial charge in [-0.1, -0.05) is 15.9 Å². The Balaban J connectivity index is 2.18. The van der Waals surface area contributed by atoms with Crippen LogP contribution in [0, 0.1) is 11.6 Å². The van der Waals surface area contributed by atoms with Crippen LogP contribution in [-0.2, 0) is 4.79 Å². The standard InChI is InChI=1S/C12H11BrF2N2O2/c13-6-4-7(14)10(8(15)5-6)12(19)17-9-2-1-3-16-11(9)18/h4-5,9H,1-3H2,(H,16,18)(H,17,19). The van der Waals surface area contributed by atoms with Crippen molar-refractivity contribution in [2.75, 3.05) is 6.54 Å². The summed E-state index contributed by atoms with van der Waals surface area (Å²) in [5.74, 6) is -3.21. The normalized spacial score (nSPS) is 18.9. The summed E-state index contributed by atoms with van der Waals surface area (Å²) < 4.78 is 27.4. The Kier molecular flexibility index (Phi) is 4.14. The Morgan fingerprint density at radius 2 is 2.00 bits per heavy atom. The molecule has 0 spiro atoms. The van der Waals surface area contributed by atoms with E-state index in [4.69, 9.17) is 0 Å². The average molecular weight is 333 g/mol. The predicted molar refractivity (Wildman–Crippen MR) is 67.6 cm³/mol. The summed E-state index contributed by atoms with van der Waals surface area (Å²) >= 11 is 2.93. The molecule has 0 radical (unpaired) electrons. The highest BCUT2D eigenvalue weighted by atomic mass is 79.9. The van der Waals surface area contributed by atoms with Crippen molar-refractivity contribution in [3.63, 3.8) is 0 Å². The van der Waals surface area contributed by atoms with Crippen LogP contribution < -0.4 is 10.6 Å². The van der Waals surface area contributed by atoms with Crippen molar-refractivity contribution >= 4 is 27.7 Å². The molecule has 0 aromatic heterocycles. The Labute approximate surface area is 116 Å². The Hall–Kier alpha value is -1.50. The van der Waals surface area contributed by atoms with E-state index in [0.717, 1.165) is 12.1 Å². The summed E-state index contributed by atoms with van der Waals surface area (Å²) in [7, 11) is 0. The molecule has 1 aromatic rings. The Morgan fingerprint density at radius 3 is 2.58 bits per heavy atom. The molecule has 0 bridgehead atoms. The third kappa shape index (κ3) is 3.09. The summed E-state index contributed by atoms with van der Waals surface area (Å²) in [5, 5.41) is 4.92. The molecule has 2 amide bonds. The van der Waals surface area contributed by atoms with E-state index in [-0.39, 0.29) is 10.4 Å². The average Bonchev–Trinajstić information content (AvgIpc) is 2.30. The van der Waals surface area contributed by atoms with Crippen LogP contribution in [0.3, 0.4) is 0 Å². The predicted octanol–water partition coefficient (Wildman–Crippen LogP) is 1.74. The molecule has 4 nitrogen and oxygen atoms in total. The van der Waals surface area contributed by atoms with Gasteiger partial charge in [0.1, 0.15) is 23.2 Å². The van der Waals surface area contributed by atoms with Crippen LogP contribution in [0.15, 0.2) is 16.6 Å². The van der Waals surface area contributed by atoms with Gasteiger partial charge < -0.3 is 10.6 Å². The fourth-order valence-corrected chi connectivity index (χ4v) is 2.30. The molecule has 1 unspecified atom stereocenters. The zero-order valence-corrected chi connectivity index (χ0v) is 11.4. The summed E-state index contributed by atoms with van der Waals surface area (Å²) in [4.78, 5) is 23.3. The quantitative estimate of drug-likeness (QED) is 0.866. The second-order valence-electron chi connectivity index (χ2n) is 4.20. The molecule has 1 fully saturated rings. The van der Waals surface area contributed by atoms with E-state index in [2.05, 4.69) is 26.6 Å². The molecule has 1 aliphatic heterocycles. The lowest BCUT2D eigenvalue weighted by atomic mass is 10.1. The number of hydrogen-bond donors (Lipinski definition) is 2. The van der Waals surface area contributed by atoms with Crippen molar-refractivity contribution in [3.8, 4) is 0 Å². The first-order valence-corrected chi connectivity index (χ1v) is 6.51. The number of amides is 2. The molecular formula is C12H11BrF2N2O2. The van der Waals surface area contributed by atoms with E-state index in [1.165, 1.54) is 0 Å². The van der Waals surface area contributed by atoms with E-state index in [9.17, 15) is 18.4 Å². The van der Waals surface area contributed by atoms with Gasteiger partial charge in [-0.05, 0) is 25.0 Å². The summed E-state index contributed by atoms with van der Waals surface area (Å²) in [5.41, 5.74) is -0.679. The Morgan fingerprint density at radius 1 is 1.37 bits per heavy atom. The van der Waals surface area contributed by atoms with Crippen LogP contribution in [0.5, 0.6) is 0 Å². The van der Waals surface area contributed by atoms with Crippen LogP contribution in [-0.4, -0.2) is 24.4 Å². The van der Waals surface area contributed by atoms with Crippen LogP contribution in [0.4, 0.5) is 8.78 Å². The van der Waals surface area contributed by atoms with Gasteiger partial charge in [0.2, 0.25) is 5.91 Å². The van der Waals surface area contributed by atoms with Crippen LogP contribution in [0.2, 0.25) is 0 Å². The highest BCUT2D eigenvalue weighted by Crippen LogP contribution is 2.19. The number of carbonyl (C=O) groups is 2. The van der Waals surface area contributed by atoms with E-state index in [0.29, 0.717) is 19.4 Å². The maximum absolute atomic E-state index is 13.6. The van der Waals surface area contributed by atoms with Gasteiger partial charge in [-0.25, -0.2) is 8.78 Å². The molecule has 19 heavy (non-hydrogen) atoms. The molecule has 1 saturated heterocycles. The minimum atomic E-state index is -0.972. The van der Waals surface area contributed by atoms with E-state index >= 15 is 0 Å². The van der Waals surface area contributed by atoms with Crippen LogP contribution in [0.1, 0.15) is 23.2 Å². The third-order valence-electron chi connectivity index (χ3n) is 2.82. The van der Waals surface area contributed by atoms with Crippen LogP contribution >= 0.6 is 15.9 Å². The zero-order valence-electron chi connectivity index (χ0n) is 9.80. The lowest BCUT2D eigenvalue weighted by Crippen LogP contribution is -2.50. The second-order valence-corrected chi connectivity index (χ2v) is 5.12. The molecule has 102 valence electrons. The third-order valence-corrected chi connectivity index (χ3v) is 3.28. The van der Waals surface area contributed by atoms with Crippen molar-refractivity contribution in [2.45, 2.75) is 18.9 Å². The van der Waals surface area contributed by atoms with E-state index in [1.54, 1.807) is 0 Å². The molecular weight excluding hydrogens is 322 g/mol. The molecule has 1 aromatic carbocycles. The maximum atomic E-state index is 13.6. The monoisotopic (exact) mass is 332 g/mol. The summed E-state index contributed by atoms with van der Waals surface area (Å²) in [6.45, 7) is 0.548. The summed E-state index contributed by atoms with van der Waals surface area (Å²) in [6, 6.07) is 1.25. The number of rotatable bonds is 2. The number of hydrogen-bond acceptors (Lipinski definition) is 2. The molecule has 2 rings (SSSR count). The lowest BCUT2D eigenvalue weighted by Gasteiger charge is -2.22. The molecule has 7 heteroatoms. The minimum Gasteiger partial charge on any atom is -0.354 e. The first-order valence-electron chi connectivity index (χ1n) is 5.72. The zero-order chi connectivity index (χ0) is 14.0. The molecule has 1 atom stereocenters.